The molecule has 1 aromatic carbocycles. The van der Waals surface area contributed by atoms with E-state index in [0.29, 0.717) is 0 Å². The minimum Gasteiger partial charge on any atom is -0.468 e. The lowest BCUT2D eigenvalue weighted by molar-refractivity contribution is -0.146. The molecule has 0 spiro atoms. The van der Waals surface area contributed by atoms with Crippen molar-refractivity contribution < 1.29 is 9.53 Å². The molecule has 0 amide bonds. The van der Waals surface area contributed by atoms with Crippen molar-refractivity contribution in [3.05, 3.63) is 36.2 Å². The summed E-state index contributed by atoms with van der Waals surface area (Å²) in [5.74, 6) is 1.69. The van der Waals surface area contributed by atoms with E-state index in [-0.39, 0.29) is 17.9 Å². The molecule has 1 aliphatic heterocycles. The number of likely N-dealkylation sites (tertiary alicyclic amines) is 1. The molecule has 0 bridgehead atoms. The molecule has 23 heavy (non-hydrogen) atoms. The summed E-state index contributed by atoms with van der Waals surface area (Å²) < 4.78 is 4.85. The normalized spacial score (nSPS) is 20.2. The van der Waals surface area contributed by atoms with Gasteiger partial charge >= 0.3 is 5.97 Å². The van der Waals surface area contributed by atoms with Gasteiger partial charge < -0.3 is 4.74 Å². The number of carbonyl (C=O) groups is 1. The lowest BCUT2D eigenvalue weighted by Crippen LogP contribution is -2.45. The van der Waals surface area contributed by atoms with Crippen LogP contribution in [-0.2, 0) is 9.53 Å². The van der Waals surface area contributed by atoms with E-state index in [1.54, 1.807) is 0 Å². The Morgan fingerprint density at radius 1 is 1.39 bits per heavy atom. The fourth-order valence-electron chi connectivity index (χ4n) is 3.07. The topological polar surface area (TPSA) is 71.1 Å². The quantitative estimate of drug-likeness (QED) is 0.876. The van der Waals surface area contributed by atoms with Crippen molar-refractivity contribution in [2.75, 3.05) is 20.2 Å². The summed E-state index contributed by atoms with van der Waals surface area (Å²) in [7, 11) is 1.43. The number of methoxy groups -OCH3 is 1. The summed E-state index contributed by atoms with van der Waals surface area (Å²) in [5.41, 5.74) is 1.01. The minimum absolute atomic E-state index is 0.187. The minimum atomic E-state index is -0.223. The molecule has 1 aliphatic rings. The molecule has 2 aromatic rings. The highest BCUT2D eigenvalue weighted by Crippen LogP contribution is 2.27. The predicted molar refractivity (Wildman–Crippen MR) is 86.8 cm³/mol. The van der Waals surface area contributed by atoms with E-state index in [1.807, 2.05) is 37.3 Å². The number of rotatable bonds is 4. The number of hydrogen-bond acceptors (Lipinski definition) is 5. The smallest absolute Gasteiger partial charge is 0.322 e. The van der Waals surface area contributed by atoms with Gasteiger partial charge in [-0.1, -0.05) is 30.3 Å². The third-order valence-electron chi connectivity index (χ3n) is 4.46. The van der Waals surface area contributed by atoms with Crippen LogP contribution in [0, 0.1) is 0 Å². The summed E-state index contributed by atoms with van der Waals surface area (Å²) in [4.78, 5) is 18.6. The fraction of sp³-hybridized carbons (Fsp3) is 0.471. The van der Waals surface area contributed by atoms with E-state index in [1.165, 1.54) is 7.11 Å². The van der Waals surface area contributed by atoms with Gasteiger partial charge in [0.2, 0.25) is 0 Å². The van der Waals surface area contributed by atoms with Crippen molar-refractivity contribution >= 4 is 5.97 Å². The van der Waals surface area contributed by atoms with Gasteiger partial charge in [-0.15, -0.1) is 0 Å². The molecule has 1 N–H and O–H groups in total. The van der Waals surface area contributed by atoms with Crippen LogP contribution in [0.3, 0.4) is 0 Å². The number of carbonyl (C=O) groups excluding carboxylic acids is 1. The molecule has 0 saturated carbocycles. The Morgan fingerprint density at radius 3 is 2.91 bits per heavy atom. The maximum Gasteiger partial charge on any atom is 0.322 e. The standard InChI is InChI=1S/C17H22N4O2/c1-12(17(22)23-2)21-10-6-9-14(11-21)16-18-15(19-20-16)13-7-4-3-5-8-13/h3-5,7-8,12,14H,6,9-11H2,1-2H3,(H,18,19,20)/t12-,14-/m0/s1. The summed E-state index contributed by atoms with van der Waals surface area (Å²) in [6.45, 7) is 3.59. The third kappa shape index (κ3) is 3.42. The first kappa shape index (κ1) is 15.7. The molecule has 0 radical (unpaired) electrons. The van der Waals surface area contributed by atoms with Gasteiger partial charge in [-0.2, -0.15) is 5.10 Å². The maximum atomic E-state index is 11.7. The van der Waals surface area contributed by atoms with E-state index in [9.17, 15) is 4.79 Å². The van der Waals surface area contributed by atoms with Gasteiger partial charge in [0.15, 0.2) is 5.82 Å². The van der Waals surface area contributed by atoms with Crippen molar-refractivity contribution in [2.45, 2.75) is 31.7 Å². The number of hydrogen-bond donors (Lipinski definition) is 1. The first-order chi connectivity index (χ1) is 11.2. The number of ether oxygens (including phenoxy) is 1. The van der Waals surface area contributed by atoms with Gasteiger partial charge in [-0.3, -0.25) is 14.8 Å². The largest absolute Gasteiger partial charge is 0.468 e. The molecular formula is C17H22N4O2. The summed E-state index contributed by atoms with van der Waals surface area (Å²) in [5, 5.41) is 7.41. The van der Waals surface area contributed by atoms with Crippen molar-refractivity contribution in [1.29, 1.82) is 0 Å². The van der Waals surface area contributed by atoms with Crippen molar-refractivity contribution in [3.8, 4) is 11.4 Å². The SMILES string of the molecule is COC(=O)[C@H](C)N1CCC[C@H](c2nc(-c3ccccc3)n[nH]2)C1. The van der Waals surface area contributed by atoms with Crippen LogP contribution in [0.2, 0.25) is 0 Å². The van der Waals surface area contributed by atoms with E-state index < -0.39 is 0 Å². The first-order valence-electron chi connectivity index (χ1n) is 7.98. The number of esters is 1. The Kier molecular flexibility index (Phi) is 4.71. The number of benzene rings is 1. The number of piperidine rings is 1. The zero-order valence-electron chi connectivity index (χ0n) is 13.5. The van der Waals surface area contributed by atoms with Crippen LogP contribution < -0.4 is 0 Å². The molecule has 2 atom stereocenters. The average molecular weight is 314 g/mol. The van der Waals surface area contributed by atoms with Crippen molar-refractivity contribution in [1.82, 2.24) is 20.1 Å². The van der Waals surface area contributed by atoms with Crippen molar-refractivity contribution in [3.63, 3.8) is 0 Å². The molecule has 6 heteroatoms. The highest BCUT2D eigenvalue weighted by Gasteiger charge is 2.30. The summed E-state index contributed by atoms with van der Waals surface area (Å²) >= 11 is 0. The third-order valence-corrected chi connectivity index (χ3v) is 4.46. The summed E-state index contributed by atoms with van der Waals surface area (Å²) in [6.07, 6.45) is 2.08. The van der Waals surface area contributed by atoms with E-state index in [0.717, 1.165) is 43.1 Å². The zero-order valence-corrected chi connectivity index (χ0v) is 13.5. The fourth-order valence-corrected chi connectivity index (χ4v) is 3.07. The number of H-pyrrole nitrogens is 1. The Balaban J connectivity index is 1.72. The Morgan fingerprint density at radius 2 is 2.17 bits per heavy atom. The Hall–Kier alpha value is -2.21. The van der Waals surface area contributed by atoms with Gasteiger partial charge in [0.1, 0.15) is 11.9 Å². The molecule has 122 valence electrons. The Bertz CT molecular complexity index is 656. The van der Waals surface area contributed by atoms with Crippen molar-refractivity contribution in [2.24, 2.45) is 0 Å². The monoisotopic (exact) mass is 314 g/mol. The lowest BCUT2D eigenvalue weighted by atomic mass is 9.96. The second-order valence-corrected chi connectivity index (χ2v) is 5.94. The first-order valence-corrected chi connectivity index (χ1v) is 7.98. The molecule has 6 nitrogen and oxygen atoms in total. The molecule has 3 rings (SSSR count). The van der Waals surface area contributed by atoms with Crippen LogP contribution >= 0.6 is 0 Å². The van der Waals surface area contributed by atoms with Gasteiger partial charge in [-0.25, -0.2) is 4.98 Å². The van der Waals surface area contributed by atoms with Gasteiger partial charge in [0, 0.05) is 18.0 Å². The molecule has 1 saturated heterocycles. The highest BCUT2D eigenvalue weighted by atomic mass is 16.5. The lowest BCUT2D eigenvalue weighted by Gasteiger charge is -2.34. The van der Waals surface area contributed by atoms with Crippen LogP contribution in [0.4, 0.5) is 0 Å². The number of nitrogens with one attached hydrogen (secondary N) is 1. The van der Waals surface area contributed by atoms with Crippen LogP contribution in [0.15, 0.2) is 30.3 Å². The molecule has 1 aromatic heterocycles. The maximum absolute atomic E-state index is 11.7. The molecule has 0 aliphatic carbocycles. The predicted octanol–water partition coefficient (Wildman–Crippen LogP) is 2.21. The van der Waals surface area contributed by atoms with Gasteiger partial charge in [-0.05, 0) is 26.3 Å². The van der Waals surface area contributed by atoms with Gasteiger partial charge in [0.25, 0.3) is 0 Å². The van der Waals surface area contributed by atoms with Crippen LogP contribution in [-0.4, -0.2) is 52.3 Å². The van der Waals surface area contributed by atoms with E-state index in [2.05, 4.69) is 20.1 Å². The number of aromatic nitrogens is 3. The molecule has 2 heterocycles. The number of nitrogens with zero attached hydrogens (tertiary/aromatic N) is 3. The second-order valence-electron chi connectivity index (χ2n) is 5.94. The zero-order chi connectivity index (χ0) is 16.2. The van der Waals surface area contributed by atoms with E-state index in [4.69, 9.17) is 4.74 Å². The van der Waals surface area contributed by atoms with Crippen LogP contribution in [0.25, 0.3) is 11.4 Å². The second kappa shape index (κ2) is 6.91. The van der Waals surface area contributed by atoms with Crippen LogP contribution in [0.1, 0.15) is 31.5 Å². The molecular weight excluding hydrogens is 292 g/mol. The van der Waals surface area contributed by atoms with Crippen LogP contribution in [0.5, 0.6) is 0 Å². The van der Waals surface area contributed by atoms with Gasteiger partial charge in [0.05, 0.1) is 7.11 Å². The average Bonchev–Trinajstić information content (AvgIpc) is 3.11. The highest BCUT2D eigenvalue weighted by molar-refractivity contribution is 5.75. The molecule has 1 fully saturated rings. The Labute approximate surface area is 135 Å². The van der Waals surface area contributed by atoms with E-state index >= 15 is 0 Å². The molecule has 0 unspecified atom stereocenters. The summed E-state index contributed by atoms with van der Waals surface area (Å²) in [6, 6.07) is 9.71. The number of aromatic amines is 1.